The van der Waals surface area contributed by atoms with Gasteiger partial charge >= 0.3 is 0 Å². The Morgan fingerprint density at radius 3 is 2.25 bits per heavy atom. The Hall–Kier alpha value is -3.14. The molecule has 0 aliphatic carbocycles. The van der Waals surface area contributed by atoms with E-state index >= 15 is 0 Å². The molecule has 0 aliphatic heterocycles. The van der Waals surface area contributed by atoms with E-state index in [1.807, 2.05) is 54.6 Å². The molecule has 0 N–H and O–H groups in total. The Morgan fingerprint density at radius 2 is 1.57 bits per heavy atom. The Kier molecular flexibility index (Phi) is 6.09. The summed E-state index contributed by atoms with van der Waals surface area (Å²) >= 11 is 0. The van der Waals surface area contributed by atoms with Crippen LogP contribution < -0.4 is 4.74 Å². The number of rotatable bonds is 8. The molecule has 0 fully saturated rings. The normalized spacial score (nSPS) is 11.2. The molecule has 3 aromatic rings. The van der Waals surface area contributed by atoms with Gasteiger partial charge < -0.3 is 4.74 Å². The second-order valence-electron chi connectivity index (χ2n) is 7.60. The predicted molar refractivity (Wildman–Crippen MR) is 112 cm³/mol. The maximum absolute atomic E-state index is 10.8. The molecule has 0 bridgehead atoms. The van der Waals surface area contributed by atoms with E-state index in [0.29, 0.717) is 0 Å². The second-order valence-corrected chi connectivity index (χ2v) is 7.60. The fourth-order valence-corrected chi connectivity index (χ4v) is 3.30. The number of nitrogens with zero attached hydrogens (tertiary/aromatic N) is 1. The molecule has 0 heterocycles. The molecule has 0 saturated heterocycles. The summed E-state index contributed by atoms with van der Waals surface area (Å²) in [6.45, 7) is 4.37. The van der Waals surface area contributed by atoms with Crippen LogP contribution in [0, 0.1) is 10.1 Å². The van der Waals surface area contributed by atoms with Crippen molar-refractivity contribution in [2.24, 2.45) is 0 Å². The standard InChI is InChI=1S/C24H25NO3/c1-24(2,20-13-15-21(16-14-20)25(26)27)17-7-9-19-8-6-12-23(18-19)28-22-10-4-3-5-11-22/h3-6,8,10-16,18H,7,9,17H2,1-2H3. The van der Waals surface area contributed by atoms with E-state index in [1.165, 1.54) is 5.56 Å². The molecule has 0 amide bonds. The quantitative estimate of drug-likeness (QED) is 0.326. The summed E-state index contributed by atoms with van der Waals surface area (Å²) in [5, 5.41) is 10.8. The molecule has 3 rings (SSSR count). The molecular weight excluding hydrogens is 350 g/mol. The number of hydrogen-bond acceptors (Lipinski definition) is 3. The zero-order valence-electron chi connectivity index (χ0n) is 16.3. The third-order valence-corrected chi connectivity index (χ3v) is 5.00. The first-order chi connectivity index (χ1) is 13.4. The number of aryl methyl sites for hydroxylation is 1. The molecule has 144 valence electrons. The van der Waals surface area contributed by atoms with Crippen LogP contribution in [-0.2, 0) is 11.8 Å². The molecule has 0 aromatic heterocycles. The third-order valence-electron chi connectivity index (χ3n) is 5.00. The van der Waals surface area contributed by atoms with Crippen molar-refractivity contribution in [2.45, 2.75) is 38.5 Å². The molecule has 0 radical (unpaired) electrons. The van der Waals surface area contributed by atoms with Crippen LogP contribution in [0.25, 0.3) is 0 Å². The van der Waals surface area contributed by atoms with E-state index in [2.05, 4.69) is 26.0 Å². The number of benzene rings is 3. The Labute approximate surface area is 166 Å². The first-order valence-electron chi connectivity index (χ1n) is 9.51. The zero-order chi connectivity index (χ0) is 20.0. The van der Waals surface area contributed by atoms with Gasteiger partial charge in [0.2, 0.25) is 0 Å². The van der Waals surface area contributed by atoms with Gasteiger partial charge in [-0.05, 0) is 60.1 Å². The van der Waals surface area contributed by atoms with Crippen molar-refractivity contribution >= 4 is 5.69 Å². The molecule has 4 nitrogen and oxygen atoms in total. The lowest BCUT2D eigenvalue weighted by Gasteiger charge is -2.25. The molecule has 0 spiro atoms. The van der Waals surface area contributed by atoms with Gasteiger partial charge in [-0.1, -0.05) is 56.3 Å². The van der Waals surface area contributed by atoms with Gasteiger partial charge in [-0.3, -0.25) is 10.1 Å². The summed E-state index contributed by atoms with van der Waals surface area (Å²) in [4.78, 5) is 10.5. The van der Waals surface area contributed by atoms with Crippen LogP contribution in [-0.4, -0.2) is 4.92 Å². The van der Waals surface area contributed by atoms with E-state index in [4.69, 9.17) is 4.74 Å². The topological polar surface area (TPSA) is 52.4 Å². The van der Waals surface area contributed by atoms with E-state index in [0.717, 1.165) is 36.3 Å². The SMILES string of the molecule is CC(C)(CCCc1cccc(Oc2ccccc2)c1)c1ccc([N+](=O)[O-])cc1. The van der Waals surface area contributed by atoms with Crippen molar-refractivity contribution < 1.29 is 9.66 Å². The van der Waals surface area contributed by atoms with Gasteiger partial charge in [-0.25, -0.2) is 0 Å². The predicted octanol–water partition coefficient (Wildman–Crippen LogP) is 6.69. The highest BCUT2D eigenvalue weighted by Crippen LogP contribution is 2.31. The molecule has 0 aliphatic rings. The van der Waals surface area contributed by atoms with Gasteiger partial charge in [0.05, 0.1) is 4.92 Å². The van der Waals surface area contributed by atoms with Crippen molar-refractivity contribution in [3.8, 4) is 11.5 Å². The number of para-hydroxylation sites is 1. The minimum atomic E-state index is -0.360. The highest BCUT2D eigenvalue weighted by molar-refractivity contribution is 5.36. The molecule has 0 saturated carbocycles. The van der Waals surface area contributed by atoms with Gasteiger partial charge in [0.1, 0.15) is 11.5 Å². The minimum absolute atomic E-state index is 0.0344. The lowest BCUT2D eigenvalue weighted by Crippen LogP contribution is -2.17. The molecule has 4 heteroatoms. The summed E-state index contributed by atoms with van der Waals surface area (Å²) in [5.74, 6) is 1.68. The summed E-state index contributed by atoms with van der Waals surface area (Å²) in [5.41, 5.74) is 2.47. The monoisotopic (exact) mass is 375 g/mol. The zero-order valence-corrected chi connectivity index (χ0v) is 16.3. The van der Waals surface area contributed by atoms with Gasteiger partial charge in [0, 0.05) is 12.1 Å². The second kappa shape index (κ2) is 8.70. The third kappa shape index (κ3) is 5.19. The molecule has 28 heavy (non-hydrogen) atoms. The van der Waals surface area contributed by atoms with Crippen LogP contribution in [0.1, 0.15) is 37.8 Å². The molecule has 0 unspecified atom stereocenters. The Morgan fingerprint density at radius 1 is 0.893 bits per heavy atom. The van der Waals surface area contributed by atoms with Crippen molar-refractivity contribution in [3.05, 3.63) is 100 Å². The molecule has 0 atom stereocenters. The number of ether oxygens (including phenoxy) is 1. The van der Waals surface area contributed by atoms with E-state index < -0.39 is 0 Å². The summed E-state index contributed by atoms with van der Waals surface area (Å²) in [7, 11) is 0. The van der Waals surface area contributed by atoms with Crippen LogP contribution in [0.15, 0.2) is 78.9 Å². The number of nitro benzene ring substituents is 1. The van der Waals surface area contributed by atoms with E-state index in [9.17, 15) is 10.1 Å². The van der Waals surface area contributed by atoms with Crippen molar-refractivity contribution in [1.82, 2.24) is 0 Å². The highest BCUT2D eigenvalue weighted by Gasteiger charge is 2.21. The first kappa shape index (κ1) is 19.6. The molecular formula is C24H25NO3. The lowest BCUT2D eigenvalue weighted by molar-refractivity contribution is -0.384. The number of hydrogen-bond donors (Lipinski definition) is 0. The summed E-state index contributed by atoms with van der Waals surface area (Å²) < 4.78 is 5.91. The molecule has 3 aromatic carbocycles. The summed E-state index contributed by atoms with van der Waals surface area (Å²) in [6.07, 6.45) is 2.98. The fraction of sp³-hybridized carbons (Fsp3) is 0.250. The highest BCUT2D eigenvalue weighted by atomic mass is 16.6. The van der Waals surface area contributed by atoms with Gasteiger partial charge in [-0.2, -0.15) is 0 Å². The van der Waals surface area contributed by atoms with Crippen LogP contribution in [0.4, 0.5) is 5.69 Å². The van der Waals surface area contributed by atoms with Crippen molar-refractivity contribution in [2.75, 3.05) is 0 Å². The van der Waals surface area contributed by atoms with Gasteiger partial charge in [0.15, 0.2) is 0 Å². The minimum Gasteiger partial charge on any atom is -0.457 e. The van der Waals surface area contributed by atoms with Crippen LogP contribution in [0.5, 0.6) is 11.5 Å². The van der Waals surface area contributed by atoms with E-state index in [1.54, 1.807) is 12.1 Å². The van der Waals surface area contributed by atoms with Gasteiger partial charge in [-0.15, -0.1) is 0 Å². The fourth-order valence-electron chi connectivity index (χ4n) is 3.30. The Balaban J connectivity index is 1.58. The summed E-state index contributed by atoms with van der Waals surface area (Å²) in [6, 6.07) is 24.9. The van der Waals surface area contributed by atoms with Crippen LogP contribution >= 0.6 is 0 Å². The average molecular weight is 375 g/mol. The van der Waals surface area contributed by atoms with Gasteiger partial charge in [0.25, 0.3) is 5.69 Å². The average Bonchev–Trinajstić information content (AvgIpc) is 2.69. The largest absolute Gasteiger partial charge is 0.457 e. The van der Waals surface area contributed by atoms with Crippen molar-refractivity contribution in [1.29, 1.82) is 0 Å². The van der Waals surface area contributed by atoms with Crippen LogP contribution in [0.3, 0.4) is 0 Å². The first-order valence-corrected chi connectivity index (χ1v) is 9.51. The van der Waals surface area contributed by atoms with Crippen LogP contribution in [0.2, 0.25) is 0 Å². The van der Waals surface area contributed by atoms with Crippen molar-refractivity contribution in [3.63, 3.8) is 0 Å². The lowest BCUT2D eigenvalue weighted by atomic mass is 9.80. The number of nitro groups is 1. The number of non-ortho nitro benzene ring substituents is 1. The Bertz CT molecular complexity index is 918. The maximum Gasteiger partial charge on any atom is 0.269 e. The van der Waals surface area contributed by atoms with E-state index in [-0.39, 0.29) is 16.0 Å². The smallest absolute Gasteiger partial charge is 0.269 e. The maximum atomic E-state index is 10.8.